The average Bonchev–Trinajstić information content (AvgIpc) is 2.18. The molecule has 0 aliphatic carbocycles. The number of aliphatic hydroxyl groups is 1. The first-order valence-corrected chi connectivity index (χ1v) is 4.30. The van der Waals surface area contributed by atoms with E-state index in [1.54, 1.807) is 12.2 Å². The van der Waals surface area contributed by atoms with E-state index in [0.29, 0.717) is 0 Å². The highest BCUT2D eigenvalue weighted by atomic mass is 16.4. The fraction of sp³-hybridized carbons (Fsp3) is 0.182. The molecule has 0 spiro atoms. The van der Waals surface area contributed by atoms with E-state index < -0.39 is 5.97 Å². The van der Waals surface area contributed by atoms with E-state index in [1.807, 2.05) is 24.3 Å². The number of hydrogen-bond acceptors (Lipinski definition) is 2. The molecule has 0 atom stereocenters. The van der Waals surface area contributed by atoms with E-state index >= 15 is 0 Å². The Balaban J connectivity index is 2.66. The molecule has 14 heavy (non-hydrogen) atoms. The number of carboxylic acids is 1. The molecule has 0 aromatic heterocycles. The number of carbonyl (C=O) groups is 1. The van der Waals surface area contributed by atoms with Gasteiger partial charge in [0.05, 0.1) is 13.0 Å². The van der Waals surface area contributed by atoms with Crippen LogP contribution in [0.1, 0.15) is 17.5 Å². The molecule has 0 saturated carbocycles. The van der Waals surface area contributed by atoms with Gasteiger partial charge in [0.15, 0.2) is 0 Å². The summed E-state index contributed by atoms with van der Waals surface area (Å²) in [5, 5.41) is 17.3. The van der Waals surface area contributed by atoms with Crippen LogP contribution < -0.4 is 0 Å². The predicted molar refractivity (Wildman–Crippen MR) is 53.7 cm³/mol. The van der Waals surface area contributed by atoms with Crippen molar-refractivity contribution in [1.82, 2.24) is 0 Å². The average molecular weight is 192 g/mol. The zero-order valence-corrected chi connectivity index (χ0v) is 7.68. The van der Waals surface area contributed by atoms with Gasteiger partial charge in [0, 0.05) is 0 Å². The molecular formula is C11H12O3. The second-order valence-electron chi connectivity index (χ2n) is 2.90. The smallest absolute Gasteiger partial charge is 0.307 e. The maximum atomic E-state index is 10.2. The van der Waals surface area contributed by atoms with E-state index in [9.17, 15) is 4.79 Å². The van der Waals surface area contributed by atoms with Crippen molar-refractivity contribution in [1.29, 1.82) is 0 Å². The Hall–Kier alpha value is -1.61. The van der Waals surface area contributed by atoms with Crippen LogP contribution in [0.3, 0.4) is 0 Å². The van der Waals surface area contributed by atoms with Crippen molar-refractivity contribution in [3.8, 4) is 0 Å². The molecular weight excluding hydrogens is 180 g/mol. The third-order valence-electron chi connectivity index (χ3n) is 1.74. The maximum absolute atomic E-state index is 10.2. The summed E-state index contributed by atoms with van der Waals surface area (Å²) in [7, 11) is 0. The van der Waals surface area contributed by atoms with E-state index in [4.69, 9.17) is 10.2 Å². The molecule has 0 unspecified atom stereocenters. The fourth-order valence-electron chi connectivity index (χ4n) is 1.09. The number of hydrogen-bond donors (Lipinski definition) is 2. The molecule has 1 aromatic rings. The summed E-state index contributed by atoms with van der Waals surface area (Å²) >= 11 is 0. The summed E-state index contributed by atoms with van der Waals surface area (Å²) in [6.07, 6.45) is 3.33. The number of aliphatic hydroxyl groups excluding tert-OH is 1. The van der Waals surface area contributed by atoms with Gasteiger partial charge >= 0.3 is 5.97 Å². The van der Waals surface area contributed by atoms with Crippen LogP contribution in [-0.2, 0) is 11.4 Å². The molecule has 0 amide bonds. The maximum Gasteiger partial charge on any atom is 0.307 e. The standard InChI is InChI=1S/C11H12O3/c12-8-10-5-1-3-9(7-10)4-2-6-11(13)14/h1-5,7,12H,6,8H2,(H,13,14). The van der Waals surface area contributed by atoms with Crippen LogP contribution in [0, 0.1) is 0 Å². The summed E-state index contributed by atoms with van der Waals surface area (Å²) in [6, 6.07) is 7.32. The summed E-state index contributed by atoms with van der Waals surface area (Å²) in [5.74, 6) is -0.848. The zero-order valence-electron chi connectivity index (χ0n) is 7.68. The van der Waals surface area contributed by atoms with E-state index in [2.05, 4.69) is 0 Å². The van der Waals surface area contributed by atoms with Crippen LogP contribution in [0.4, 0.5) is 0 Å². The number of aliphatic carboxylic acids is 1. The second kappa shape index (κ2) is 5.19. The van der Waals surface area contributed by atoms with Gasteiger partial charge in [-0.15, -0.1) is 0 Å². The van der Waals surface area contributed by atoms with Crippen LogP contribution in [0.25, 0.3) is 6.08 Å². The molecule has 3 nitrogen and oxygen atoms in total. The number of rotatable bonds is 4. The van der Waals surface area contributed by atoms with Crippen molar-refractivity contribution in [2.24, 2.45) is 0 Å². The fourth-order valence-corrected chi connectivity index (χ4v) is 1.09. The predicted octanol–water partition coefficient (Wildman–Crippen LogP) is 1.67. The lowest BCUT2D eigenvalue weighted by Gasteiger charge is -1.97. The zero-order chi connectivity index (χ0) is 10.4. The van der Waals surface area contributed by atoms with Crippen molar-refractivity contribution in [3.63, 3.8) is 0 Å². The van der Waals surface area contributed by atoms with Gasteiger partial charge in [0.25, 0.3) is 0 Å². The highest BCUT2D eigenvalue weighted by Gasteiger charge is 1.92. The molecule has 0 saturated heterocycles. The van der Waals surface area contributed by atoms with E-state index in [-0.39, 0.29) is 13.0 Å². The quantitative estimate of drug-likeness (QED) is 0.762. The molecule has 74 valence electrons. The summed E-state index contributed by atoms with van der Waals surface area (Å²) in [4.78, 5) is 10.2. The minimum Gasteiger partial charge on any atom is -0.481 e. The van der Waals surface area contributed by atoms with Crippen LogP contribution in [0.2, 0.25) is 0 Å². The van der Waals surface area contributed by atoms with Crippen molar-refractivity contribution in [2.45, 2.75) is 13.0 Å². The molecule has 0 heterocycles. The van der Waals surface area contributed by atoms with Gasteiger partial charge < -0.3 is 10.2 Å². The minimum absolute atomic E-state index is 0.000606. The second-order valence-corrected chi connectivity index (χ2v) is 2.90. The van der Waals surface area contributed by atoms with E-state index in [0.717, 1.165) is 11.1 Å². The first kappa shape index (κ1) is 10.5. The largest absolute Gasteiger partial charge is 0.481 e. The monoisotopic (exact) mass is 192 g/mol. The summed E-state index contributed by atoms with van der Waals surface area (Å²) in [6.45, 7) is 0.000606. The molecule has 0 fully saturated rings. The Morgan fingerprint density at radius 1 is 1.43 bits per heavy atom. The van der Waals surface area contributed by atoms with Gasteiger partial charge in [-0.2, -0.15) is 0 Å². The topological polar surface area (TPSA) is 57.5 Å². The van der Waals surface area contributed by atoms with E-state index in [1.165, 1.54) is 0 Å². The van der Waals surface area contributed by atoms with Gasteiger partial charge in [0.2, 0.25) is 0 Å². The molecule has 3 heteroatoms. The van der Waals surface area contributed by atoms with Gasteiger partial charge in [-0.05, 0) is 17.2 Å². The molecule has 0 aliphatic heterocycles. The third-order valence-corrected chi connectivity index (χ3v) is 1.74. The highest BCUT2D eigenvalue weighted by molar-refractivity contribution is 5.70. The Morgan fingerprint density at radius 3 is 2.86 bits per heavy atom. The third kappa shape index (κ3) is 3.41. The van der Waals surface area contributed by atoms with Gasteiger partial charge in [-0.1, -0.05) is 30.4 Å². The number of carboxylic acid groups (broad SMARTS) is 1. The molecule has 2 N–H and O–H groups in total. The molecule has 0 aliphatic rings. The van der Waals surface area contributed by atoms with Crippen LogP contribution in [-0.4, -0.2) is 16.2 Å². The molecule has 0 bridgehead atoms. The molecule has 0 radical (unpaired) electrons. The lowest BCUT2D eigenvalue weighted by Crippen LogP contribution is -1.89. The highest BCUT2D eigenvalue weighted by Crippen LogP contribution is 2.07. The van der Waals surface area contributed by atoms with Crippen molar-refractivity contribution < 1.29 is 15.0 Å². The van der Waals surface area contributed by atoms with Gasteiger partial charge in [0.1, 0.15) is 0 Å². The van der Waals surface area contributed by atoms with Crippen molar-refractivity contribution in [3.05, 3.63) is 41.5 Å². The van der Waals surface area contributed by atoms with Crippen LogP contribution in [0.5, 0.6) is 0 Å². The van der Waals surface area contributed by atoms with Gasteiger partial charge in [-0.25, -0.2) is 0 Å². The Labute approximate surface area is 82.3 Å². The Bertz CT molecular complexity index is 342. The lowest BCUT2D eigenvalue weighted by molar-refractivity contribution is -0.135. The normalized spacial score (nSPS) is 10.6. The molecule has 1 aromatic carbocycles. The first-order valence-electron chi connectivity index (χ1n) is 4.30. The van der Waals surface area contributed by atoms with Crippen LogP contribution >= 0.6 is 0 Å². The van der Waals surface area contributed by atoms with Gasteiger partial charge in [-0.3, -0.25) is 4.79 Å². The minimum atomic E-state index is -0.848. The van der Waals surface area contributed by atoms with Crippen molar-refractivity contribution >= 4 is 12.0 Å². The Kier molecular flexibility index (Phi) is 3.88. The summed E-state index contributed by atoms with van der Waals surface area (Å²) < 4.78 is 0. The Morgan fingerprint density at radius 2 is 2.21 bits per heavy atom. The van der Waals surface area contributed by atoms with Crippen LogP contribution in [0.15, 0.2) is 30.3 Å². The number of benzene rings is 1. The SMILES string of the molecule is O=C(O)CC=Cc1cccc(CO)c1. The van der Waals surface area contributed by atoms with Crippen molar-refractivity contribution in [2.75, 3.05) is 0 Å². The lowest BCUT2D eigenvalue weighted by atomic mass is 10.1. The summed E-state index contributed by atoms with van der Waals surface area (Å²) in [5.41, 5.74) is 1.72. The first-order chi connectivity index (χ1) is 6.72. The molecule has 1 rings (SSSR count).